The van der Waals surface area contributed by atoms with Crippen LogP contribution < -0.4 is 11.3 Å². The Balaban J connectivity index is 1.69. The van der Waals surface area contributed by atoms with E-state index in [1.54, 1.807) is 4.57 Å². The Bertz CT molecular complexity index is 1130. The van der Waals surface area contributed by atoms with E-state index >= 15 is 0 Å². The molecule has 0 fully saturated rings. The number of aromatic nitrogens is 4. The van der Waals surface area contributed by atoms with Crippen molar-refractivity contribution >= 4 is 50.0 Å². The van der Waals surface area contributed by atoms with Gasteiger partial charge < -0.3 is 5.73 Å². The van der Waals surface area contributed by atoms with Crippen LogP contribution in [0.5, 0.6) is 0 Å². The van der Waals surface area contributed by atoms with Crippen LogP contribution in [0.2, 0.25) is 0 Å². The SMILES string of the molecule is CCn1c(SCc2nc(N)c3ccccc3n2)nc2ccsc2c1=O. The number of nitrogens with zero attached hydrogens (tertiary/aromatic N) is 4. The predicted molar refractivity (Wildman–Crippen MR) is 103 cm³/mol. The van der Waals surface area contributed by atoms with Gasteiger partial charge in [-0.2, -0.15) is 0 Å². The number of hydrogen-bond acceptors (Lipinski definition) is 7. The highest BCUT2D eigenvalue weighted by molar-refractivity contribution is 7.98. The van der Waals surface area contributed by atoms with Crippen LogP contribution in [0.1, 0.15) is 12.7 Å². The average molecular weight is 369 g/mol. The largest absolute Gasteiger partial charge is 0.383 e. The second kappa shape index (κ2) is 6.45. The molecule has 0 aliphatic heterocycles. The van der Waals surface area contributed by atoms with Crippen LogP contribution in [0.15, 0.2) is 45.7 Å². The van der Waals surface area contributed by atoms with Gasteiger partial charge >= 0.3 is 0 Å². The minimum absolute atomic E-state index is 0.00365. The summed E-state index contributed by atoms with van der Waals surface area (Å²) in [6.45, 7) is 2.51. The zero-order valence-electron chi connectivity index (χ0n) is 13.5. The van der Waals surface area contributed by atoms with Crippen LogP contribution in [-0.2, 0) is 12.3 Å². The molecule has 6 nitrogen and oxygen atoms in total. The Morgan fingerprint density at radius 3 is 2.84 bits per heavy atom. The maximum Gasteiger partial charge on any atom is 0.272 e. The lowest BCUT2D eigenvalue weighted by Gasteiger charge is -2.10. The molecule has 0 saturated carbocycles. The van der Waals surface area contributed by atoms with Crippen molar-refractivity contribution in [2.24, 2.45) is 0 Å². The van der Waals surface area contributed by atoms with Gasteiger partial charge in [0, 0.05) is 11.9 Å². The third kappa shape index (κ3) is 2.87. The van der Waals surface area contributed by atoms with Gasteiger partial charge in [-0.15, -0.1) is 11.3 Å². The van der Waals surface area contributed by atoms with Crippen LogP contribution >= 0.6 is 23.1 Å². The van der Waals surface area contributed by atoms with Gasteiger partial charge in [-0.1, -0.05) is 23.9 Å². The fourth-order valence-electron chi connectivity index (χ4n) is 2.66. The summed E-state index contributed by atoms with van der Waals surface area (Å²) in [4.78, 5) is 26.1. The van der Waals surface area contributed by atoms with Crippen molar-refractivity contribution in [3.63, 3.8) is 0 Å². The Labute approximate surface area is 151 Å². The van der Waals surface area contributed by atoms with Gasteiger partial charge in [-0.3, -0.25) is 9.36 Å². The van der Waals surface area contributed by atoms with E-state index in [4.69, 9.17) is 5.73 Å². The number of fused-ring (bicyclic) bond motifs is 2. The number of nitrogens with two attached hydrogens (primary N) is 1. The first-order chi connectivity index (χ1) is 12.2. The molecule has 0 aliphatic rings. The van der Waals surface area contributed by atoms with E-state index in [1.807, 2.05) is 42.6 Å². The van der Waals surface area contributed by atoms with Crippen molar-refractivity contribution in [2.45, 2.75) is 24.4 Å². The molecule has 0 bridgehead atoms. The third-order valence-corrected chi connectivity index (χ3v) is 5.72. The zero-order valence-corrected chi connectivity index (χ0v) is 15.1. The van der Waals surface area contributed by atoms with Crippen molar-refractivity contribution < 1.29 is 0 Å². The molecular formula is C17H15N5OS2. The monoisotopic (exact) mass is 369 g/mol. The van der Waals surface area contributed by atoms with Crippen molar-refractivity contribution in [3.8, 4) is 0 Å². The quantitative estimate of drug-likeness (QED) is 0.439. The van der Waals surface area contributed by atoms with E-state index in [1.165, 1.54) is 23.1 Å². The lowest BCUT2D eigenvalue weighted by Crippen LogP contribution is -2.21. The molecule has 0 aliphatic carbocycles. The lowest BCUT2D eigenvalue weighted by atomic mass is 10.2. The third-order valence-electron chi connectivity index (χ3n) is 3.86. The molecule has 126 valence electrons. The molecule has 0 spiro atoms. The zero-order chi connectivity index (χ0) is 17.4. The van der Waals surface area contributed by atoms with E-state index in [9.17, 15) is 4.79 Å². The Kier molecular flexibility index (Phi) is 4.14. The van der Waals surface area contributed by atoms with Crippen LogP contribution in [-0.4, -0.2) is 19.5 Å². The average Bonchev–Trinajstić information content (AvgIpc) is 3.09. The van der Waals surface area contributed by atoms with E-state index in [2.05, 4.69) is 15.0 Å². The summed E-state index contributed by atoms with van der Waals surface area (Å²) < 4.78 is 2.38. The van der Waals surface area contributed by atoms with Gasteiger partial charge in [0.1, 0.15) is 16.3 Å². The fourth-order valence-corrected chi connectivity index (χ4v) is 4.35. The summed E-state index contributed by atoms with van der Waals surface area (Å²) in [6.07, 6.45) is 0. The van der Waals surface area contributed by atoms with Crippen molar-refractivity contribution in [1.82, 2.24) is 19.5 Å². The molecule has 25 heavy (non-hydrogen) atoms. The number of thiophene rings is 1. The van der Waals surface area contributed by atoms with Crippen LogP contribution in [0.3, 0.4) is 0 Å². The van der Waals surface area contributed by atoms with Crippen molar-refractivity contribution in [1.29, 1.82) is 0 Å². The van der Waals surface area contributed by atoms with Gasteiger partial charge in [0.15, 0.2) is 5.16 Å². The van der Waals surface area contributed by atoms with Gasteiger partial charge in [0.05, 0.1) is 16.8 Å². The van der Waals surface area contributed by atoms with E-state index in [-0.39, 0.29) is 5.56 Å². The smallest absolute Gasteiger partial charge is 0.272 e. The van der Waals surface area contributed by atoms with Crippen LogP contribution in [0, 0.1) is 0 Å². The predicted octanol–water partition coefficient (Wildman–Crippen LogP) is 3.30. The van der Waals surface area contributed by atoms with Crippen molar-refractivity contribution in [3.05, 3.63) is 51.9 Å². The number of anilines is 1. The first-order valence-electron chi connectivity index (χ1n) is 7.79. The second-order valence-corrected chi connectivity index (χ2v) is 7.27. The van der Waals surface area contributed by atoms with Gasteiger partial charge in [0.25, 0.3) is 5.56 Å². The summed E-state index contributed by atoms with van der Waals surface area (Å²) in [7, 11) is 0. The Hall–Kier alpha value is -2.45. The maximum absolute atomic E-state index is 12.6. The highest BCUT2D eigenvalue weighted by Gasteiger charge is 2.13. The number of nitrogen functional groups attached to an aromatic ring is 1. The second-order valence-electron chi connectivity index (χ2n) is 5.41. The molecule has 0 atom stereocenters. The molecule has 0 saturated heterocycles. The summed E-state index contributed by atoms with van der Waals surface area (Å²) in [6, 6.07) is 9.53. The summed E-state index contributed by atoms with van der Waals surface area (Å²) >= 11 is 2.87. The summed E-state index contributed by atoms with van der Waals surface area (Å²) in [5.41, 5.74) is 7.60. The molecule has 2 N–H and O–H groups in total. The number of benzene rings is 1. The van der Waals surface area contributed by atoms with E-state index in [0.717, 1.165) is 16.4 Å². The summed E-state index contributed by atoms with van der Waals surface area (Å²) in [5.74, 6) is 1.59. The van der Waals surface area contributed by atoms with Crippen molar-refractivity contribution in [2.75, 3.05) is 5.73 Å². The number of rotatable bonds is 4. The standard InChI is InChI=1S/C17H15N5OS2/c1-2-22-16(23)14-12(7-8-24-14)20-17(22)25-9-13-19-11-6-4-3-5-10(11)15(18)21-13/h3-8H,2,9H2,1H3,(H2,18,19,21). The molecule has 1 aromatic carbocycles. The number of thioether (sulfide) groups is 1. The summed E-state index contributed by atoms with van der Waals surface area (Å²) in [5, 5.41) is 3.41. The number of para-hydroxylation sites is 1. The topological polar surface area (TPSA) is 86.7 Å². The first-order valence-corrected chi connectivity index (χ1v) is 9.66. The van der Waals surface area contributed by atoms with E-state index < -0.39 is 0 Å². The van der Waals surface area contributed by atoms with Gasteiger partial charge in [-0.25, -0.2) is 15.0 Å². The molecule has 4 aromatic rings. The minimum Gasteiger partial charge on any atom is -0.383 e. The first kappa shape index (κ1) is 16.0. The molecule has 4 rings (SSSR count). The van der Waals surface area contributed by atoms with Gasteiger partial charge in [0.2, 0.25) is 0 Å². The Morgan fingerprint density at radius 1 is 1.16 bits per heavy atom. The molecule has 3 aromatic heterocycles. The highest BCUT2D eigenvalue weighted by atomic mass is 32.2. The number of hydrogen-bond donors (Lipinski definition) is 1. The van der Waals surface area contributed by atoms with Crippen LogP contribution in [0.25, 0.3) is 21.1 Å². The molecular weight excluding hydrogens is 354 g/mol. The minimum atomic E-state index is 0.00365. The van der Waals surface area contributed by atoms with Gasteiger partial charge in [-0.05, 0) is 30.5 Å². The molecule has 0 amide bonds. The van der Waals surface area contributed by atoms with Crippen LogP contribution in [0.4, 0.5) is 5.82 Å². The molecule has 0 unspecified atom stereocenters. The normalized spacial score (nSPS) is 11.4. The fraction of sp³-hybridized carbons (Fsp3) is 0.176. The molecule has 0 radical (unpaired) electrons. The highest BCUT2D eigenvalue weighted by Crippen LogP contribution is 2.24. The van der Waals surface area contributed by atoms with E-state index in [0.29, 0.717) is 33.8 Å². The molecule has 8 heteroatoms. The Morgan fingerprint density at radius 2 is 2.00 bits per heavy atom. The lowest BCUT2D eigenvalue weighted by molar-refractivity contribution is 0.635. The maximum atomic E-state index is 12.6. The molecule has 3 heterocycles.